The molecule has 1 aromatic rings. The van der Waals surface area contributed by atoms with Crippen molar-refractivity contribution in [1.29, 1.82) is 0 Å². The average molecular weight is 360 g/mol. The van der Waals surface area contributed by atoms with Gasteiger partial charge in [-0.15, -0.1) is 11.8 Å². The van der Waals surface area contributed by atoms with Crippen molar-refractivity contribution in [3.05, 3.63) is 22.8 Å². The van der Waals surface area contributed by atoms with Crippen LogP contribution < -0.4 is 11.1 Å². The van der Waals surface area contributed by atoms with Gasteiger partial charge in [0.25, 0.3) is 0 Å². The zero-order valence-corrected chi connectivity index (χ0v) is 14.6. The van der Waals surface area contributed by atoms with Crippen LogP contribution in [0.4, 0.5) is 0 Å². The van der Waals surface area contributed by atoms with E-state index < -0.39 is 5.54 Å². The van der Waals surface area contributed by atoms with E-state index in [4.69, 9.17) is 5.73 Å². The lowest BCUT2D eigenvalue weighted by atomic mass is 9.94. The van der Waals surface area contributed by atoms with Gasteiger partial charge in [-0.2, -0.15) is 0 Å². The number of pyridine rings is 1. The molecule has 1 aromatic heterocycles. The molecule has 1 amide bonds. The Kier molecular flexibility index (Phi) is 6.99. The number of hydrogen-bond donors (Lipinski definition) is 2. The number of amides is 1. The number of primary amides is 1. The summed E-state index contributed by atoms with van der Waals surface area (Å²) in [5.41, 5.74) is 4.87. The number of hydrogen-bond acceptors (Lipinski definition) is 4. The van der Waals surface area contributed by atoms with Gasteiger partial charge in [-0.05, 0) is 67.4 Å². The number of nitrogens with zero attached hydrogens (tertiary/aromatic N) is 1. The molecule has 0 spiro atoms. The van der Waals surface area contributed by atoms with Crippen molar-refractivity contribution in [2.24, 2.45) is 5.73 Å². The van der Waals surface area contributed by atoms with Crippen LogP contribution in [-0.4, -0.2) is 28.2 Å². The third-order valence-electron chi connectivity index (χ3n) is 2.94. The first kappa shape index (κ1) is 17.5. The number of thioether (sulfide) groups is 1. The Morgan fingerprint density at radius 1 is 1.60 bits per heavy atom. The molecule has 0 radical (unpaired) electrons. The van der Waals surface area contributed by atoms with Crippen molar-refractivity contribution < 1.29 is 4.79 Å². The van der Waals surface area contributed by atoms with Gasteiger partial charge in [-0.25, -0.2) is 4.98 Å². The molecule has 0 saturated carbocycles. The minimum atomic E-state index is -0.643. The molecule has 0 aliphatic carbocycles. The summed E-state index contributed by atoms with van der Waals surface area (Å²) in [6.07, 6.45) is 3.39. The molecule has 0 saturated heterocycles. The van der Waals surface area contributed by atoms with Crippen LogP contribution in [0.2, 0.25) is 0 Å². The van der Waals surface area contributed by atoms with Gasteiger partial charge in [-0.1, -0.05) is 0 Å². The second-order valence-corrected chi connectivity index (χ2v) is 7.18. The topological polar surface area (TPSA) is 68.0 Å². The standard InChI is InChI=1S/C14H22BrN3OS/c1-10(2)18-14(3,13(16)19)7-5-9-20-12-11(15)6-4-8-17-12/h4,6,8,10,18H,5,7,9H2,1-3H3,(H2,16,19). The van der Waals surface area contributed by atoms with Gasteiger partial charge in [0.1, 0.15) is 5.03 Å². The first-order chi connectivity index (χ1) is 9.35. The molecule has 1 atom stereocenters. The van der Waals surface area contributed by atoms with E-state index in [2.05, 4.69) is 26.2 Å². The van der Waals surface area contributed by atoms with Gasteiger partial charge in [-0.3, -0.25) is 4.79 Å². The highest BCUT2D eigenvalue weighted by molar-refractivity contribution is 9.10. The summed E-state index contributed by atoms with van der Waals surface area (Å²) in [6, 6.07) is 4.10. The van der Waals surface area contributed by atoms with E-state index in [-0.39, 0.29) is 11.9 Å². The van der Waals surface area contributed by atoms with E-state index in [9.17, 15) is 4.79 Å². The number of rotatable bonds is 8. The van der Waals surface area contributed by atoms with Crippen molar-refractivity contribution >= 4 is 33.6 Å². The fraction of sp³-hybridized carbons (Fsp3) is 0.571. The first-order valence-corrected chi connectivity index (χ1v) is 8.44. The fourth-order valence-corrected chi connectivity index (χ4v) is 3.40. The van der Waals surface area contributed by atoms with Crippen LogP contribution in [0, 0.1) is 0 Å². The molecule has 112 valence electrons. The van der Waals surface area contributed by atoms with Gasteiger partial charge < -0.3 is 11.1 Å². The molecule has 0 bridgehead atoms. The number of carbonyl (C=O) groups excluding carboxylic acids is 1. The third-order valence-corrected chi connectivity index (χ3v) is 4.93. The summed E-state index contributed by atoms with van der Waals surface area (Å²) in [4.78, 5) is 15.9. The Labute approximate surface area is 133 Å². The minimum Gasteiger partial charge on any atom is -0.368 e. The Morgan fingerprint density at radius 2 is 2.30 bits per heavy atom. The molecular formula is C14H22BrN3OS. The van der Waals surface area contributed by atoms with Crippen LogP contribution in [0.15, 0.2) is 27.8 Å². The second kappa shape index (κ2) is 8.00. The van der Waals surface area contributed by atoms with Crippen LogP contribution in [0.25, 0.3) is 0 Å². The summed E-state index contributed by atoms with van der Waals surface area (Å²) in [7, 11) is 0. The maximum atomic E-state index is 11.6. The lowest BCUT2D eigenvalue weighted by Crippen LogP contribution is -2.55. The largest absolute Gasteiger partial charge is 0.368 e. The quantitative estimate of drug-likeness (QED) is 0.553. The molecule has 1 unspecified atom stereocenters. The van der Waals surface area contributed by atoms with Crippen LogP contribution in [0.1, 0.15) is 33.6 Å². The maximum absolute atomic E-state index is 11.6. The second-order valence-electron chi connectivity index (χ2n) is 5.24. The van der Waals surface area contributed by atoms with Crippen molar-refractivity contribution in [1.82, 2.24) is 10.3 Å². The number of halogens is 1. The number of carbonyl (C=O) groups is 1. The van der Waals surface area contributed by atoms with Crippen molar-refractivity contribution in [2.45, 2.75) is 50.2 Å². The molecule has 4 nitrogen and oxygen atoms in total. The highest BCUT2D eigenvalue weighted by atomic mass is 79.9. The van der Waals surface area contributed by atoms with Crippen LogP contribution in [0.5, 0.6) is 0 Å². The van der Waals surface area contributed by atoms with E-state index in [0.717, 1.165) is 28.1 Å². The van der Waals surface area contributed by atoms with E-state index in [1.54, 1.807) is 18.0 Å². The van der Waals surface area contributed by atoms with E-state index in [1.165, 1.54) is 0 Å². The molecule has 3 N–H and O–H groups in total. The van der Waals surface area contributed by atoms with E-state index in [1.807, 2.05) is 32.9 Å². The smallest absolute Gasteiger partial charge is 0.237 e. The molecule has 6 heteroatoms. The van der Waals surface area contributed by atoms with Gasteiger partial charge in [0.2, 0.25) is 5.91 Å². The van der Waals surface area contributed by atoms with Crippen molar-refractivity contribution in [2.75, 3.05) is 5.75 Å². The zero-order valence-electron chi connectivity index (χ0n) is 12.1. The predicted octanol–water partition coefficient (Wildman–Crippen LogP) is 2.96. The SMILES string of the molecule is CC(C)NC(C)(CCCSc1ncccc1Br)C(N)=O. The number of aromatic nitrogens is 1. The molecule has 0 aliphatic heterocycles. The number of nitrogens with one attached hydrogen (secondary N) is 1. The molecule has 20 heavy (non-hydrogen) atoms. The maximum Gasteiger partial charge on any atom is 0.237 e. The highest BCUT2D eigenvalue weighted by Crippen LogP contribution is 2.26. The highest BCUT2D eigenvalue weighted by Gasteiger charge is 2.30. The van der Waals surface area contributed by atoms with Gasteiger partial charge >= 0.3 is 0 Å². The molecular weight excluding hydrogens is 338 g/mol. The van der Waals surface area contributed by atoms with E-state index >= 15 is 0 Å². The van der Waals surface area contributed by atoms with Crippen molar-refractivity contribution in [3.63, 3.8) is 0 Å². The Bertz CT molecular complexity index is 456. The first-order valence-electron chi connectivity index (χ1n) is 6.66. The molecule has 0 fully saturated rings. The lowest BCUT2D eigenvalue weighted by molar-refractivity contribution is -0.124. The monoisotopic (exact) mass is 359 g/mol. The van der Waals surface area contributed by atoms with Crippen LogP contribution >= 0.6 is 27.7 Å². The average Bonchev–Trinajstić information content (AvgIpc) is 2.35. The van der Waals surface area contributed by atoms with Crippen LogP contribution in [-0.2, 0) is 4.79 Å². The minimum absolute atomic E-state index is 0.227. The summed E-state index contributed by atoms with van der Waals surface area (Å²) >= 11 is 5.15. The van der Waals surface area contributed by atoms with E-state index in [0.29, 0.717) is 0 Å². The van der Waals surface area contributed by atoms with Gasteiger partial charge in [0, 0.05) is 16.7 Å². The Hall–Kier alpha value is -0.590. The van der Waals surface area contributed by atoms with Gasteiger partial charge in [0.05, 0.1) is 5.54 Å². The summed E-state index contributed by atoms with van der Waals surface area (Å²) in [5, 5.41) is 4.23. The van der Waals surface area contributed by atoms with Crippen LogP contribution in [0.3, 0.4) is 0 Å². The predicted molar refractivity (Wildman–Crippen MR) is 87.8 cm³/mol. The lowest BCUT2D eigenvalue weighted by Gasteiger charge is -2.29. The molecule has 0 aromatic carbocycles. The van der Waals surface area contributed by atoms with Crippen molar-refractivity contribution in [3.8, 4) is 0 Å². The third kappa shape index (κ3) is 5.42. The number of nitrogens with two attached hydrogens (primary N) is 1. The normalized spacial score (nSPS) is 14.2. The Morgan fingerprint density at radius 3 is 2.85 bits per heavy atom. The molecule has 1 rings (SSSR count). The summed E-state index contributed by atoms with van der Waals surface area (Å²) in [5.74, 6) is 0.605. The zero-order chi connectivity index (χ0) is 15.2. The molecule has 1 heterocycles. The molecule has 0 aliphatic rings. The van der Waals surface area contributed by atoms with Gasteiger partial charge in [0.15, 0.2) is 0 Å². The summed E-state index contributed by atoms with van der Waals surface area (Å²) < 4.78 is 1.00. The fourth-order valence-electron chi connectivity index (χ4n) is 1.98. The summed E-state index contributed by atoms with van der Waals surface area (Å²) in [6.45, 7) is 5.90. The Balaban J connectivity index is 2.46.